The van der Waals surface area contributed by atoms with Gasteiger partial charge in [0.15, 0.2) is 0 Å². The molecular formula is C16H18ClN3O2. The highest BCUT2D eigenvalue weighted by atomic mass is 35.5. The summed E-state index contributed by atoms with van der Waals surface area (Å²) in [6.07, 6.45) is 1.58. The van der Waals surface area contributed by atoms with Crippen molar-refractivity contribution in [2.75, 3.05) is 18.9 Å². The number of rotatable bonds is 5. The number of aromatic nitrogens is 1. The number of hydrogen-bond acceptors (Lipinski definition) is 4. The molecule has 1 heterocycles. The Balaban J connectivity index is 2.20. The van der Waals surface area contributed by atoms with Crippen molar-refractivity contribution in [3.05, 3.63) is 58.7 Å². The summed E-state index contributed by atoms with van der Waals surface area (Å²) in [4.78, 5) is 16.0. The molecule has 1 atom stereocenters. The predicted molar refractivity (Wildman–Crippen MR) is 87.1 cm³/mol. The molecule has 1 unspecified atom stereocenters. The highest BCUT2D eigenvalue weighted by molar-refractivity contribution is 6.31. The summed E-state index contributed by atoms with van der Waals surface area (Å²) in [5.41, 5.74) is -0.169. The molecule has 6 heteroatoms. The Labute approximate surface area is 134 Å². The van der Waals surface area contributed by atoms with E-state index in [-0.39, 0.29) is 12.5 Å². The Morgan fingerprint density at radius 1 is 1.32 bits per heavy atom. The average Bonchev–Trinajstić information content (AvgIpc) is 2.53. The van der Waals surface area contributed by atoms with E-state index in [1.54, 1.807) is 50.5 Å². The quantitative estimate of drug-likeness (QED) is 0.791. The van der Waals surface area contributed by atoms with E-state index < -0.39 is 5.60 Å². The number of pyridine rings is 1. The molecule has 0 aliphatic heterocycles. The van der Waals surface area contributed by atoms with E-state index in [2.05, 4.69) is 15.6 Å². The molecule has 0 fully saturated rings. The van der Waals surface area contributed by atoms with Crippen molar-refractivity contribution in [1.29, 1.82) is 0 Å². The van der Waals surface area contributed by atoms with Gasteiger partial charge in [0.05, 0.1) is 5.56 Å². The first kappa shape index (κ1) is 16.3. The zero-order valence-electron chi connectivity index (χ0n) is 12.4. The fourth-order valence-electron chi connectivity index (χ4n) is 2.11. The molecular weight excluding hydrogens is 302 g/mol. The number of aliphatic hydroxyl groups is 1. The van der Waals surface area contributed by atoms with Gasteiger partial charge in [0, 0.05) is 30.4 Å². The number of nitrogens with one attached hydrogen (secondary N) is 2. The average molecular weight is 320 g/mol. The number of carbonyl (C=O) groups is 1. The van der Waals surface area contributed by atoms with Gasteiger partial charge in [-0.05, 0) is 25.1 Å². The minimum absolute atomic E-state index is 0.164. The van der Waals surface area contributed by atoms with Crippen molar-refractivity contribution in [1.82, 2.24) is 10.3 Å². The molecule has 0 aliphatic carbocycles. The van der Waals surface area contributed by atoms with Crippen LogP contribution in [0.2, 0.25) is 5.02 Å². The van der Waals surface area contributed by atoms with Crippen LogP contribution in [0.25, 0.3) is 0 Å². The van der Waals surface area contributed by atoms with E-state index in [9.17, 15) is 9.90 Å². The van der Waals surface area contributed by atoms with Crippen LogP contribution in [-0.4, -0.2) is 29.6 Å². The standard InChI is InChI=1S/C16H18ClN3O2/c1-16(22,12-7-3-4-8-13(12)17)10-20-14-11(15(21)18-2)6-5-9-19-14/h3-9,22H,10H2,1-2H3,(H,18,21)(H,19,20). The third kappa shape index (κ3) is 3.55. The lowest BCUT2D eigenvalue weighted by Gasteiger charge is -2.26. The van der Waals surface area contributed by atoms with Crippen LogP contribution in [0, 0.1) is 0 Å². The van der Waals surface area contributed by atoms with Crippen LogP contribution in [-0.2, 0) is 5.60 Å². The van der Waals surface area contributed by atoms with Crippen molar-refractivity contribution in [2.24, 2.45) is 0 Å². The Bertz CT molecular complexity index is 674. The second kappa shape index (κ2) is 6.77. The highest BCUT2D eigenvalue weighted by Gasteiger charge is 2.26. The lowest BCUT2D eigenvalue weighted by atomic mass is 9.96. The fourth-order valence-corrected chi connectivity index (χ4v) is 2.45. The maximum Gasteiger partial charge on any atom is 0.254 e. The summed E-state index contributed by atoms with van der Waals surface area (Å²) in [6, 6.07) is 10.5. The van der Waals surface area contributed by atoms with Crippen LogP contribution in [0.5, 0.6) is 0 Å². The molecule has 0 spiro atoms. The molecule has 1 aromatic heterocycles. The summed E-state index contributed by atoms with van der Waals surface area (Å²) >= 11 is 6.13. The van der Waals surface area contributed by atoms with E-state index >= 15 is 0 Å². The molecule has 1 aromatic carbocycles. The SMILES string of the molecule is CNC(=O)c1cccnc1NCC(C)(O)c1ccccc1Cl. The summed E-state index contributed by atoms with van der Waals surface area (Å²) in [7, 11) is 1.55. The molecule has 0 saturated heterocycles. The van der Waals surface area contributed by atoms with Crippen LogP contribution in [0.3, 0.4) is 0 Å². The summed E-state index contributed by atoms with van der Waals surface area (Å²) in [5, 5.41) is 16.7. The molecule has 1 amide bonds. The zero-order valence-corrected chi connectivity index (χ0v) is 13.2. The van der Waals surface area contributed by atoms with Gasteiger partial charge < -0.3 is 15.7 Å². The van der Waals surface area contributed by atoms with Gasteiger partial charge in [-0.3, -0.25) is 4.79 Å². The largest absolute Gasteiger partial charge is 0.384 e. The Morgan fingerprint density at radius 2 is 2.05 bits per heavy atom. The monoisotopic (exact) mass is 319 g/mol. The van der Waals surface area contributed by atoms with Crippen molar-refractivity contribution in [3.8, 4) is 0 Å². The van der Waals surface area contributed by atoms with E-state index in [0.29, 0.717) is 22.0 Å². The number of hydrogen-bond donors (Lipinski definition) is 3. The third-order valence-electron chi connectivity index (χ3n) is 3.33. The van der Waals surface area contributed by atoms with Gasteiger partial charge >= 0.3 is 0 Å². The minimum Gasteiger partial charge on any atom is -0.384 e. The van der Waals surface area contributed by atoms with Crippen LogP contribution in [0.4, 0.5) is 5.82 Å². The van der Waals surface area contributed by atoms with Crippen LogP contribution in [0.15, 0.2) is 42.6 Å². The second-order valence-corrected chi connectivity index (χ2v) is 5.49. The third-order valence-corrected chi connectivity index (χ3v) is 3.66. The zero-order chi connectivity index (χ0) is 16.2. The molecule has 0 radical (unpaired) electrons. The second-order valence-electron chi connectivity index (χ2n) is 5.09. The maximum absolute atomic E-state index is 11.8. The first-order valence-electron chi connectivity index (χ1n) is 6.84. The molecule has 0 aliphatic rings. The lowest BCUT2D eigenvalue weighted by molar-refractivity contribution is 0.0714. The smallest absolute Gasteiger partial charge is 0.254 e. The molecule has 116 valence electrons. The highest BCUT2D eigenvalue weighted by Crippen LogP contribution is 2.28. The fraction of sp³-hybridized carbons (Fsp3) is 0.250. The number of halogens is 1. The normalized spacial score (nSPS) is 13.3. The molecule has 2 rings (SSSR count). The van der Waals surface area contributed by atoms with Crippen molar-refractivity contribution >= 4 is 23.3 Å². The molecule has 2 aromatic rings. The number of anilines is 1. The van der Waals surface area contributed by atoms with Crippen LogP contribution in [0.1, 0.15) is 22.8 Å². The first-order valence-corrected chi connectivity index (χ1v) is 7.22. The number of carbonyl (C=O) groups excluding carboxylic acids is 1. The van der Waals surface area contributed by atoms with Gasteiger partial charge in [-0.25, -0.2) is 4.98 Å². The summed E-state index contributed by atoms with van der Waals surface area (Å²) < 4.78 is 0. The van der Waals surface area contributed by atoms with Crippen molar-refractivity contribution in [2.45, 2.75) is 12.5 Å². The van der Waals surface area contributed by atoms with Gasteiger partial charge in [0.2, 0.25) is 0 Å². The van der Waals surface area contributed by atoms with Crippen molar-refractivity contribution < 1.29 is 9.90 Å². The first-order chi connectivity index (χ1) is 10.5. The lowest BCUT2D eigenvalue weighted by Crippen LogP contribution is -2.32. The van der Waals surface area contributed by atoms with E-state index in [4.69, 9.17) is 11.6 Å². The van der Waals surface area contributed by atoms with E-state index in [1.807, 2.05) is 6.07 Å². The molecule has 5 nitrogen and oxygen atoms in total. The van der Waals surface area contributed by atoms with E-state index in [1.165, 1.54) is 0 Å². The molecule has 3 N–H and O–H groups in total. The van der Waals surface area contributed by atoms with Crippen LogP contribution >= 0.6 is 11.6 Å². The topological polar surface area (TPSA) is 74.2 Å². The number of benzene rings is 1. The summed E-state index contributed by atoms with van der Waals surface area (Å²) in [5.74, 6) is 0.169. The van der Waals surface area contributed by atoms with Gasteiger partial charge in [0.25, 0.3) is 5.91 Å². The predicted octanol–water partition coefficient (Wildman–Crippen LogP) is 2.41. The van der Waals surface area contributed by atoms with E-state index in [0.717, 1.165) is 0 Å². The van der Waals surface area contributed by atoms with Gasteiger partial charge in [0.1, 0.15) is 11.4 Å². The molecule has 0 saturated carbocycles. The molecule has 22 heavy (non-hydrogen) atoms. The van der Waals surface area contributed by atoms with Crippen molar-refractivity contribution in [3.63, 3.8) is 0 Å². The Kier molecular flexibility index (Phi) is 5.00. The number of amides is 1. The van der Waals surface area contributed by atoms with Gasteiger partial charge in [-0.15, -0.1) is 0 Å². The molecule has 0 bridgehead atoms. The van der Waals surface area contributed by atoms with Crippen LogP contribution < -0.4 is 10.6 Å². The maximum atomic E-state index is 11.8. The van der Waals surface area contributed by atoms with Gasteiger partial charge in [-0.2, -0.15) is 0 Å². The number of nitrogens with zero attached hydrogens (tertiary/aromatic N) is 1. The Hall–Kier alpha value is -2.11. The van der Waals surface area contributed by atoms with Gasteiger partial charge in [-0.1, -0.05) is 29.8 Å². The Morgan fingerprint density at radius 3 is 2.73 bits per heavy atom. The minimum atomic E-state index is -1.20. The summed E-state index contributed by atoms with van der Waals surface area (Å²) in [6.45, 7) is 1.82.